The molecule has 12 nitrogen and oxygen atoms in total. The van der Waals surface area contributed by atoms with Crippen LogP contribution in [0.2, 0.25) is 5.02 Å². The highest BCUT2D eigenvalue weighted by molar-refractivity contribution is 9.10. The first-order valence-corrected chi connectivity index (χ1v) is 21.5. The second-order valence-electron chi connectivity index (χ2n) is 14.0. The van der Waals surface area contributed by atoms with Gasteiger partial charge in [0.1, 0.15) is 0 Å². The molecule has 2 aromatic heterocycles. The molecular weight excluding hydrogens is 820 g/mol. The molecule has 3 amide bonds. The average molecular weight is 866 g/mol. The standard InChI is InChI=1S/C41H46BrClN6O6S/c1-5-8-18-46(19-9-6-2)41(53)38-36(43)26(4)49(45-38)35-15-14-29(22-33(35)40(52)47-24-30-13-11-10-12-27(30)20-31(47)25-50)39(51)48(7-3)56(54,55)32-21-28-16-17-44-37(28)34(42)23-32/h10-17,21-23,31,44,50H,5-9,18-20,24-25H2,1-4H3/t31-/m0/s1. The predicted molar refractivity (Wildman–Crippen MR) is 220 cm³/mol. The number of benzene rings is 3. The molecule has 0 bridgehead atoms. The van der Waals surface area contributed by atoms with Crippen LogP contribution in [-0.2, 0) is 23.0 Å². The Balaban J connectivity index is 1.46. The minimum absolute atomic E-state index is 0.0220. The van der Waals surface area contributed by atoms with Gasteiger partial charge in [0.25, 0.3) is 27.7 Å². The molecular formula is C41H46BrClN6O6S. The second-order valence-corrected chi connectivity index (χ2v) is 17.0. The molecule has 2 N–H and O–H groups in total. The molecule has 0 spiro atoms. The number of H-pyrrole nitrogens is 1. The van der Waals surface area contributed by atoms with Crippen LogP contribution in [0.25, 0.3) is 16.6 Å². The number of rotatable bonds is 14. The number of carbonyl (C=O) groups excluding carboxylic acids is 3. The van der Waals surface area contributed by atoms with Crippen molar-refractivity contribution < 1.29 is 27.9 Å². The van der Waals surface area contributed by atoms with Gasteiger partial charge in [-0.1, -0.05) is 62.6 Å². The van der Waals surface area contributed by atoms with Gasteiger partial charge in [-0.3, -0.25) is 14.4 Å². The smallest absolute Gasteiger partial charge is 0.275 e. The van der Waals surface area contributed by atoms with E-state index in [0.29, 0.717) is 40.6 Å². The first kappa shape index (κ1) is 41.1. The number of aromatic nitrogens is 3. The van der Waals surface area contributed by atoms with E-state index in [4.69, 9.17) is 11.6 Å². The number of carbonyl (C=O) groups is 3. The normalized spacial score (nSPS) is 14.2. The Kier molecular flexibility index (Phi) is 12.7. The fourth-order valence-corrected chi connectivity index (χ4v) is 9.53. The number of halogens is 2. The summed E-state index contributed by atoms with van der Waals surface area (Å²) < 4.78 is 30.9. The first-order chi connectivity index (χ1) is 26.9. The van der Waals surface area contributed by atoms with Crippen molar-refractivity contribution in [3.05, 3.63) is 110 Å². The third-order valence-electron chi connectivity index (χ3n) is 10.3. The molecule has 0 saturated carbocycles. The molecule has 3 aromatic carbocycles. The van der Waals surface area contributed by atoms with Crippen LogP contribution in [-0.4, -0.2) is 92.4 Å². The van der Waals surface area contributed by atoms with Gasteiger partial charge in [0.2, 0.25) is 0 Å². The Labute approximate surface area is 340 Å². The monoisotopic (exact) mass is 864 g/mol. The summed E-state index contributed by atoms with van der Waals surface area (Å²) >= 11 is 10.3. The van der Waals surface area contributed by atoms with Crippen LogP contribution in [0.4, 0.5) is 0 Å². The van der Waals surface area contributed by atoms with E-state index in [1.54, 1.807) is 35.9 Å². The molecule has 0 fully saturated rings. The van der Waals surface area contributed by atoms with E-state index in [1.807, 2.05) is 24.3 Å². The van der Waals surface area contributed by atoms with E-state index in [0.717, 1.165) is 41.1 Å². The van der Waals surface area contributed by atoms with Crippen molar-refractivity contribution in [1.82, 2.24) is 28.9 Å². The van der Waals surface area contributed by atoms with Crippen LogP contribution in [0.15, 0.2) is 76.2 Å². The van der Waals surface area contributed by atoms with Crippen LogP contribution < -0.4 is 0 Å². The summed E-state index contributed by atoms with van der Waals surface area (Å²) in [5.74, 6) is -1.67. The van der Waals surface area contributed by atoms with Gasteiger partial charge in [0.15, 0.2) is 5.69 Å². The summed E-state index contributed by atoms with van der Waals surface area (Å²) in [6.45, 7) is 8.16. The fraction of sp³-hybridized carbons (Fsp3) is 0.366. The predicted octanol–water partition coefficient (Wildman–Crippen LogP) is 7.53. The van der Waals surface area contributed by atoms with Crippen molar-refractivity contribution in [2.45, 2.75) is 77.3 Å². The molecule has 0 saturated heterocycles. The Morgan fingerprint density at radius 3 is 2.34 bits per heavy atom. The van der Waals surface area contributed by atoms with E-state index >= 15 is 0 Å². The number of nitrogens with one attached hydrogen (secondary N) is 1. The van der Waals surface area contributed by atoms with E-state index in [1.165, 1.54) is 35.0 Å². The number of hydrogen-bond acceptors (Lipinski definition) is 7. The summed E-state index contributed by atoms with van der Waals surface area (Å²) in [7, 11) is -4.36. The number of hydrogen-bond donors (Lipinski definition) is 2. The van der Waals surface area contributed by atoms with Gasteiger partial charge < -0.3 is 19.9 Å². The zero-order valence-corrected chi connectivity index (χ0v) is 35.0. The maximum Gasteiger partial charge on any atom is 0.275 e. The van der Waals surface area contributed by atoms with Gasteiger partial charge in [-0.05, 0) is 96.6 Å². The van der Waals surface area contributed by atoms with Gasteiger partial charge in [-0.25, -0.2) is 17.4 Å². The highest BCUT2D eigenvalue weighted by Crippen LogP contribution is 2.33. The zero-order valence-electron chi connectivity index (χ0n) is 31.9. The quantitative estimate of drug-likeness (QED) is 0.117. The summed E-state index contributed by atoms with van der Waals surface area (Å²) in [5, 5.41) is 16.0. The molecule has 1 aliphatic heterocycles. The SMILES string of the molecule is CCCCN(CCCC)C(=O)c1nn(-c2ccc(C(=O)N(CC)S(=O)(=O)c3cc(Br)c4[nH]ccc4c3)cc2C(=O)N2Cc3ccccc3C[C@H]2CO)c(C)c1Cl. The molecule has 0 aliphatic carbocycles. The molecule has 1 aliphatic rings. The maximum absolute atomic E-state index is 14.8. The molecule has 15 heteroatoms. The fourth-order valence-electron chi connectivity index (χ4n) is 7.13. The number of unbranched alkanes of at least 4 members (excludes halogenated alkanes) is 2. The van der Waals surface area contributed by atoms with Crippen molar-refractivity contribution in [2.75, 3.05) is 26.2 Å². The molecule has 1 atom stereocenters. The van der Waals surface area contributed by atoms with E-state index in [-0.39, 0.29) is 58.0 Å². The topological polar surface area (TPSA) is 149 Å². The first-order valence-electron chi connectivity index (χ1n) is 18.9. The summed E-state index contributed by atoms with van der Waals surface area (Å²) in [6, 6.07) is 16.1. The van der Waals surface area contributed by atoms with Gasteiger partial charge in [0.05, 0.1) is 45.0 Å². The second kappa shape index (κ2) is 17.3. The third kappa shape index (κ3) is 7.89. The Morgan fingerprint density at radius 2 is 1.68 bits per heavy atom. The van der Waals surface area contributed by atoms with Crippen LogP contribution in [0.1, 0.15) is 94.5 Å². The summed E-state index contributed by atoms with van der Waals surface area (Å²) in [4.78, 5) is 49.4. The summed E-state index contributed by atoms with van der Waals surface area (Å²) in [6.07, 6.45) is 5.54. The molecule has 56 heavy (non-hydrogen) atoms. The van der Waals surface area contributed by atoms with Crippen molar-refractivity contribution >= 4 is 66.2 Å². The molecule has 0 unspecified atom stereocenters. The minimum atomic E-state index is -4.36. The van der Waals surface area contributed by atoms with Crippen molar-refractivity contribution in [2.24, 2.45) is 0 Å². The molecule has 3 heterocycles. The van der Waals surface area contributed by atoms with Crippen LogP contribution in [0.3, 0.4) is 0 Å². The molecule has 0 radical (unpaired) electrons. The lowest BCUT2D eigenvalue weighted by Crippen LogP contribution is -2.46. The lowest BCUT2D eigenvalue weighted by molar-refractivity contribution is 0.0544. The number of aliphatic hydroxyl groups is 1. The van der Waals surface area contributed by atoms with Crippen LogP contribution in [0, 0.1) is 6.92 Å². The lowest BCUT2D eigenvalue weighted by Gasteiger charge is -2.36. The van der Waals surface area contributed by atoms with Crippen molar-refractivity contribution in [1.29, 1.82) is 0 Å². The largest absolute Gasteiger partial charge is 0.394 e. The molecule has 6 rings (SSSR count). The number of sulfonamides is 1. The van der Waals surface area contributed by atoms with E-state index < -0.39 is 27.9 Å². The average Bonchev–Trinajstić information content (AvgIpc) is 3.81. The van der Waals surface area contributed by atoms with Crippen LogP contribution >= 0.6 is 27.5 Å². The maximum atomic E-state index is 14.8. The van der Waals surface area contributed by atoms with Crippen molar-refractivity contribution in [3.63, 3.8) is 0 Å². The highest BCUT2D eigenvalue weighted by atomic mass is 79.9. The number of fused-ring (bicyclic) bond motifs is 2. The minimum Gasteiger partial charge on any atom is -0.394 e. The number of nitrogens with zero attached hydrogens (tertiary/aromatic N) is 5. The van der Waals surface area contributed by atoms with Gasteiger partial charge in [0, 0.05) is 47.8 Å². The number of aromatic amines is 1. The van der Waals surface area contributed by atoms with Gasteiger partial charge in [-0.2, -0.15) is 5.10 Å². The highest BCUT2D eigenvalue weighted by Gasteiger charge is 2.35. The third-order valence-corrected chi connectivity index (χ3v) is 13.2. The lowest BCUT2D eigenvalue weighted by atomic mass is 9.93. The number of aliphatic hydroxyl groups excluding tert-OH is 1. The number of amides is 3. The van der Waals surface area contributed by atoms with Gasteiger partial charge >= 0.3 is 0 Å². The molecule has 296 valence electrons. The molecule has 5 aromatic rings. The van der Waals surface area contributed by atoms with Gasteiger partial charge in [-0.15, -0.1) is 0 Å². The van der Waals surface area contributed by atoms with E-state index in [9.17, 15) is 27.9 Å². The zero-order chi connectivity index (χ0) is 40.3. The van der Waals surface area contributed by atoms with Crippen LogP contribution in [0.5, 0.6) is 0 Å². The summed E-state index contributed by atoms with van der Waals surface area (Å²) in [5.41, 5.74) is 3.30. The Morgan fingerprint density at radius 1 is 0.982 bits per heavy atom. The van der Waals surface area contributed by atoms with E-state index in [2.05, 4.69) is 39.9 Å². The van der Waals surface area contributed by atoms with Crippen molar-refractivity contribution in [3.8, 4) is 5.69 Å². The Bertz CT molecular complexity index is 2390. The Hall–Kier alpha value is -4.50.